The number of benzene rings is 1. The molecule has 1 N–H and O–H groups in total. The number of nitrogens with one attached hydrogen (secondary N) is 1. The summed E-state index contributed by atoms with van der Waals surface area (Å²) in [4.78, 5) is 17.7. The molecule has 160 valence electrons. The molecular weight excluding hydrogens is 440 g/mol. The first-order valence-electron chi connectivity index (χ1n) is 8.56. The fourth-order valence-electron chi connectivity index (χ4n) is 2.97. The molecule has 8 nitrogen and oxygen atoms in total. The van der Waals surface area contributed by atoms with Gasteiger partial charge in [-0.15, -0.1) is 0 Å². The van der Waals surface area contributed by atoms with Gasteiger partial charge in [0, 0.05) is 42.8 Å². The minimum atomic E-state index is -4.94. The standard InChI is InChI=1S/C18H12F4N6O2S/c1-28(17-25-6-3-7-26-17)31(29,30)13-8-10-14(16-23-4-2-5-24-16)11(18(20,21)22)9-12(19)15(10)27-13/h2-9,27H,1H3. The summed E-state index contributed by atoms with van der Waals surface area (Å²) in [6.45, 7) is 0. The zero-order valence-corrected chi connectivity index (χ0v) is 16.4. The van der Waals surface area contributed by atoms with E-state index in [-0.39, 0.29) is 23.2 Å². The second kappa shape index (κ2) is 7.27. The number of halogens is 4. The van der Waals surface area contributed by atoms with Gasteiger partial charge in [-0.2, -0.15) is 21.6 Å². The quantitative estimate of drug-likeness (QED) is 0.476. The Morgan fingerprint density at radius 1 is 0.968 bits per heavy atom. The minimum absolute atomic E-state index is 0.177. The van der Waals surface area contributed by atoms with Gasteiger partial charge in [-0.05, 0) is 24.3 Å². The van der Waals surface area contributed by atoms with Crippen LogP contribution < -0.4 is 4.31 Å². The molecule has 0 spiro atoms. The van der Waals surface area contributed by atoms with Gasteiger partial charge < -0.3 is 4.98 Å². The zero-order chi connectivity index (χ0) is 22.4. The van der Waals surface area contributed by atoms with Crippen LogP contribution in [-0.4, -0.2) is 40.4 Å². The molecule has 13 heteroatoms. The SMILES string of the molecule is CN(c1ncccn1)S(=O)(=O)c1cc2c(-c3ncccn3)c(C(F)(F)F)cc(F)c2[nH]1. The lowest BCUT2D eigenvalue weighted by Crippen LogP contribution is -2.28. The van der Waals surface area contributed by atoms with E-state index in [0.717, 1.165) is 17.4 Å². The topological polar surface area (TPSA) is 105 Å². The van der Waals surface area contributed by atoms with Crippen molar-refractivity contribution in [3.8, 4) is 11.4 Å². The van der Waals surface area contributed by atoms with Crippen molar-refractivity contribution < 1.29 is 26.0 Å². The van der Waals surface area contributed by atoms with Crippen LogP contribution in [0.4, 0.5) is 23.5 Å². The molecule has 0 saturated heterocycles. The number of alkyl halides is 3. The van der Waals surface area contributed by atoms with Crippen molar-refractivity contribution in [2.75, 3.05) is 11.4 Å². The highest BCUT2D eigenvalue weighted by atomic mass is 32.2. The molecule has 0 aliphatic carbocycles. The summed E-state index contributed by atoms with van der Waals surface area (Å²) >= 11 is 0. The zero-order valence-electron chi connectivity index (χ0n) is 15.6. The number of aromatic nitrogens is 5. The van der Waals surface area contributed by atoms with Crippen molar-refractivity contribution in [1.29, 1.82) is 0 Å². The van der Waals surface area contributed by atoms with E-state index in [1.807, 2.05) is 0 Å². The molecule has 0 radical (unpaired) electrons. The number of nitrogens with zero attached hydrogens (tertiary/aromatic N) is 5. The number of aromatic amines is 1. The third kappa shape index (κ3) is 3.56. The number of H-pyrrole nitrogens is 1. The fraction of sp³-hybridized carbons (Fsp3) is 0.111. The Balaban J connectivity index is 1.99. The van der Waals surface area contributed by atoms with Gasteiger partial charge in [0.25, 0.3) is 10.0 Å². The molecule has 31 heavy (non-hydrogen) atoms. The van der Waals surface area contributed by atoms with E-state index in [1.165, 1.54) is 36.9 Å². The Kier molecular flexibility index (Phi) is 4.84. The summed E-state index contributed by atoms with van der Waals surface area (Å²) in [6, 6.07) is 4.07. The summed E-state index contributed by atoms with van der Waals surface area (Å²) in [5.41, 5.74) is -2.30. The van der Waals surface area contributed by atoms with E-state index in [2.05, 4.69) is 24.9 Å². The van der Waals surface area contributed by atoms with Gasteiger partial charge in [0.2, 0.25) is 5.95 Å². The minimum Gasteiger partial charge on any atom is -0.342 e. The average Bonchev–Trinajstić information content (AvgIpc) is 3.20. The van der Waals surface area contributed by atoms with Gasteiger partial charge in [0.1, 0.15) is 5.82 Å². The van der Waals surface area contributed by atoms with Crippen LogP contribution in [0.25, 0.3) is 22.3 Å². The highest BCUT2D eigenvalue weighted by molar-refractivity contribution is 7.92. The monoisotopic (exact) mass is 452 g/mol. The Hall–Kier alpha value is -3.61. The Labute approximate surface area is 172 Å². The molecule has 0 saturated carbocycles. The molecule has 0 atom stereocenters. The molecule has 0 aliphatic rings. The molecule has 0 aliphatic heterocycles. The maximum absolute atomic E-state index is 14.6. The lowest BCUT2D eigenvalue weighted by molar-refractivity contribution is -0.137. The molecule has 0 fully saturated rings. The average molecular weight is 452 g/mol. The van der Waals surface area contributed by atoms with E-state index in [1.54, 1.807) is 0 Å². The summed E-state index contributed by atoms with van der Waals surface area (Å²) < 4.78 is 82.2. The van der Waals surface area contributed by atoms with Gasteiger partial charge in [-0.3, -0.25) is 0 Å². The highest BCUT2D eigenvalue weighted by Gasteiger charge is 2.37. The number of hydrogen-bond donors (Lipinski definition) is 1. The van der Waals surface area contributed by atoms with Crippen LogP contribution in [0.3, 0.4) is 0 Å². The molecule has 0 unspecified atom stereocenters. The van der Waals surface area contributed by atoms with Crippen molar-refractivity contribution in [1.82, 2.24) is 24.9 Å². The van der Waals surface area contributed by atoms with Crippen LogP contribution in [0, 0.1) is 5.82 Å². The second-order valence-corrected chi connectivity index (χ2v) is 8.23. The summed E-state index contributed by atoms with van der Waals surface area (Å²) in [5, 5.41) is -0.882. The summed E-state index contributed by atoms with van der Waals surface area (Å²) in [5.74, 6) is -1.78. The predicted molar refractivity (Wildman–Crippen MR) is 102 cm³/mol. The van der Waals surface area contributed by atoms with Crippen molar-refractivity contribution in [3.05, 3.63) is 60.4 Å². The molecule has 4 rings (SSSR count). The van der Waals surface area contributed by atoms with Crippen LogP contribution in [-0.2, 0) is 16.2 Å². The lowest BCUT2D eigenvalue weighted by Gasteiger charge is -2.15. The van der Waals surface area contributed by atoms with Gasteiger partial charge in [-0.1, -0.05) is 0 Å². The third-order valence-corrected chi connectivity index (χ3v) is 6.07. The lowest BCUT2D eigenvalue weighted by atomic mass is 10.0. The number of anilines is 1. The first-order valence-corrected chi connectivity index (χ1v) is 10.0. The van der Waals surface area contributed by atoms with Crippen LogP contribution >= 0.6 is 0 Å². The van der Waals surface area contributed by atoms with Gasteiger partial charge in [-0.25, -0.2) is 28.6 Å². The third-order valence-electron chi connectivity index (χ3n) is 4.41. The van der Waals surface area contributed by atoms with E-state index in [4.69, 9.17) is 0 Å². The Morgan fingerprint density at radius 3 is 2.13 bits per heavy atom. The van der Waals surface area contributed by atoms with Gasteiger partial charge in [0.05, 0.1) is 11.1 Å². The van der Waals surface area contributed by atoms with Crippen molar-refractivity contribution in [3.63, 3.8) is 0 Å². The molecule has 4 aromatic rings. The van der Waals surface area contributed by atoms with Crippen molar-refractivity contribution >= 4 is 26.9 Å². The van der Waals surface area contributed by atoms with Crippen LogP contribution in [0.15, 0.2) is 54.1 Å². The number of rotatable bonds is 4. The van der Waals surface area contributed by atoms with Crippen LogP contribution in [0.2, 0.25) is 0 Å². The maximum Gasteiger partial charge on any atom is 0.417 e. The Bertz CT molecular complexity index is 1360. The Morgan fingerprint density at radius 2 is 1.55 bits per heavy atom. The second-order valence-electron chi connectivity index (χ2n) is 6.29. The number of sulfonamides is 1. The van der Waals surface area contributed by atoms with Gasteiger partial charge >= 0.3 is 6.18 Å². The molecule has 0 bridgehead atoms. The normalized spacial score (nSPS) is 12.3. The summed E-state index contributed by atoms with van der Waals surface area (Å²) in [7, 11) is -3.19. The number of fused-ring (bicyclic) bond motifs is 1. The van der Waals surface area contributed by atoms with E-state index < -0.39 is 43.7 Å². The van der Waals surface area contributed by atoms with E-state index in [9.17, 15) is 26.0 Å². The van der Waals surface area contributed by atoms with Gasteiger partial charge in [0.15, 0.2) is 10.9 Å². The molecule has 0 amide bonds. The predicted octanol–water partition coefficient (Wildman–Crippen LogP) is 3.40. The largest absolute Gasteiger partial charge is 0.417 e. The van der Waals surface area contributed by atoms with Crippen molar-refractivity contribution in [2.24, 2.45) is 0 Å². The molecule has 3 aromatic heterocycles. The molecule has 3 heterocycles. The first-order chi connectivity index (χ1) is 14.6. The fourth-order valence-corrected chi connectivity index (χ4v) is 4.07. The molecular formula is C18H12F4N6O2S. The summed E-state index contributed by atoms with van der Waals surface area (Å²) in [6.07, 6.45) is 0.152. The van der Waals surface area contributed by atoms with Crippen molar-refractivity contribution in [2.45, 2.75) is 11.2 Å². The van der Waals surface area contributed by atoms with E-state index in [0.29, 0.717) is 0 Å². The molecule has 1 aromatic carbocycles. The number of hydrogen-bond acceptors (Lipinski definition) is 6. The highest BCUT2D eigenvalue weighted by Crippen LogP contribution is 2.41. The van der Waals surface area contributed by atoms with Crippen LogP contribution in [0.1, 0.15) is 5.56 Å². The maximum atomic E-state index is 14.6. The van der Waals surface area contributed by atoms with Crippen LogP contribution in [0.5, 0.6) is 0 Å². The first kappa shape index (κ1) is 20.7. The smallest absolute Gasteiger partial charge is 0.342 e. The van der Waals surface area contributed by atoms with E-state index >= 15 is 0 Å².